The standard InChI is InChI=1S/C15H16N2O3/c1-20-12-6-7-14(18)13(8-12)15(19)17-9-10-2-4-11(16)5-3-10/h2-8,18H,9,16H2,1H3,(H,17,19). The molecule has 2 aromatic rings. The van der Waals surface area contributed by atoms with Gasteiger partial charge in [-0.15, -0.1) is 0 Å². The molecule has 2 aromatic carbocycles. The van der Waals surface area contributed by atoms with Crippen molar-refractivity contribution in [3.63, 3.8) is 0 Å². The Morgan fingerprint density at radius 1 is 1.25 bits per heavy atom. The van der Waals surface area contributed by atoms with Crippen LogP contribution in [0.1, 0.15) is 15.9 Å². The molecule has 0 radical (unpaired) electrons. The fraction of sp³-hybridized carbons (Fsp3) is 0.133. The summed E-state index contributed by atoms with van der Waals surface area (Å²) in [4.78, 5) is 12.0. The zero-order chi connectivity index (χ0) is 14.5. The summed E-state index contributed by atoms with van der Waals surface area (Å²) < 4.78 is 5.03. The number of phenols is 1. The van der Waals surface area contributed by atoms with Gasteiger partial charge in [-0.05, 0) is 35.9 Å². The molecule has 1 amide bonds. The van der Waals surface area contributed by atoms with E-state index in [1.54, 1.807) is 18.2 Å². The van der Waals surface area contributed by atoms with Gasteiger partial charge in [-0.1, -0.05) is 12.1 Å². The number of rotatable bonds is 4. The minimum atomic E-state index is -0.363. The van der Waals surface area contributed by atoms with Gasteiger partial charge in [0.25, 0.3) is 5.91 Å². The molecule has 0 bridgehead atoms. The van der Waals surface area contributed by atoms with Crippen molar-refractivity contribution in [2.75, 3.05) is 12.8 Å². The van der Waals surface area contributed by atoms with Gasteiger partial charge in [-0.3, -0.25) is 4.79 Å². The molecule has 5 heteroatoms. The first kappa shape index (κ1) is 13.7. The molecule has 4 N–H and O–H groups in total. The van der Waals surface area contributed by atoms with Gasteiger partial charge in [0, 0.05) is 12.2 Å². The summed E-state index contributed by atoms with van der Waals surface area (Å²) in [6.45, 7) is 0.357. The van der Waals surface area contributed by atoms with E-state index in [2.05, 4.69) is 5.32 Å². The third kappa shape index (κ3) is 3.20. The van der Waals surface area contributed by atoms with Crippen LogP contribution in [0.5, 0.6) is 11.5 Å². The van der Waals surface area contributed by atoms with Crippen LogP contribution < -0.4 is 15.8 Å². The maximum Gasteiger partial charge on any atom is 0.255 e. The minimum absolute atomic E-state index is 0.0828. The maximum atomic E-state index is 12.0. The number of hydrogen-bond acceptors (Lipinski definition) is 4. The van der Waals surface area contributed by atoms with Crippen LogP contribution in [0.2, 0.25) is 0 Å². The second kappa shape index (κ2) is 5.97. The number of anilines is 1. The van der Waals surface area contributed by atoms with Crippen molar-refractivity contribution in [2.45, 2.75) is 6.54 Å². The predicted octanol–water partition coefficient (Wildman–Crippen LogP) is 1.91. The molecule has 0 aliphatic heterocycles. The van der Waals surface area contributed by atoms with E-state index < -0.39 is 0 Å². The highest BCUT2D eigenvalue weighted by Crippen LogP contribution is 2.22. The van der Waals surface area contributed by atoms with E-state index >= 15 is 0 Å². The molecule has 104 valence electrons. The Morgan fingerprint density at radius 2 is 1.95 bits per heavy atom. The number of ether oxygens (including phenoxy) is 1. The normalized spacial score (nSPS) is 10.1. The molecule has 2 rings (SSSR count). The van der Waals surface area contributed by atoms with Crippen molar-refractivity contribution in [3.05, 3.63) is 53.6 Å². The van der Waals surface area contributed by atoms with Gasteiger partial charge >= 0.3 is 0 Å². The van der Waals surface area contributed by atoms with E-state index in [0.717, 1.165) is 5.56 Å². The summed E-state index contributed by atoms with van der Waals surface area (Å²) >= 11 is 0. The molecule has 0 unspecified atom stereocenters. The molecule has 5 nitrogen and oxygen atoms in total. The smallest absolute Gasteiger partial charge is 0.255 e. The Hall–Kier alpha value is -2.69. The lowest BCUT2D eigenvalue weighted by Crippen LogP contribution is -2.22. The van der Waals surface area contributed by atoms with Crippen molar-refractivity contribution in [3.8, 4) is 11.5 Å². The van der Waals surface area contributed by atoms with Crippen LogP contribution in [0.15, 0.2) is 42.5 Å². The number of aromatic hydroxyl groups is 1. The molecule has 0 fully saturated rings. The number of methoxy groups -OCH3 is 1. The molecule has 0 saturated heterocycles. The van der Waals surface area contributed by atoms with Crippen molar-refractivity contribution in [1.82, 2.24) is 5.32 Å². The number of nitrogen functional groups attached to an aromatic ring is 1. The highest BCUT2D eigenvalue weighted by molar-refractivity contribution is 5.97. The molecule has 20 heavy (non-hydrogen) atoms. The molecule has 0 aliphatic carbocycles. The first-order chi connectivity index (χ1) is 9.60. The first-order valence-electron chi connectivity index (χ1n) is 6.10. The van der Waals surface area contributed by atoms with Crippen LogP contribution in [0.25, 0.3) is 0 Å². The highest BCUT2D eigenvalue weighted by Gasteiger charge is 2.12. The van der Waals surface area contributed by atoms with Crippen molar-refractivity contribution in [1.29, 1.82) is 0 Å². The van der Waals surface area contributed by atoms with Crippen LogP contribution in [0.4, 0.5) is 5.69 Å². The SMILES string of the molecule is COc1ccc(O)c(C(=O)NCc2ccc(N)cc2)c1. The summed E-state index contributed by atoms with van der Waals surface area (Å²) in [6.07, 6.45) is 0. The lowest BCUT2D eigenvalue weighted by molar-refractivity contribution is 0.0948. The third-order valence-electron chi connectivity index (χ3n) is 2.88. The minimum Gasteiger partial charge on any atom is -0.507 e. The van der Waals surface area contributed by atoms with Crippen LogP contribution in [-0.2, 0) is 6.54 Å². The molecule has 0 aliphatic rings. The second-order valence-corrected chi connectivity index (χ2v) is 4.31. The number of amides is 1. The van der Waals surface area contributed by atoms with E-state index in [9.17, 15) is 9.90 Å². The Balaban J connectivity index is 2.06. The molecular weight excluding hydrogens is 256 g/mol. The lowest BCUT2D eigenvalue weighted by atomic mass is 10.1. The van der Waals surface area contributed by atoms with Crippen LogP contribution in [-0.4, -0.2) is 18.1 Å². The molecule has 0 spiro atoms. The van der Waals surface area contributed by atoms with Crippen molar-refractivity contribution in [2.24, 2.45) is 0 Å². The maximum absolute atomic E-state index is 12.0. The number of phenolic OH excluding ortho intramolecular Hbond substituents is 1. The van der Waals surface area contributed by atoms with Gasteiger partial charge in [0.05, 0.1) is 12.7 Å². The van der Waals surface area contributed by atoms with Crippen LogP contribution >= 0.6 is 0 Å². The van der Waals surface area contributed by atoms with E-state index in [1.165, 1.54) is 19.2 Å². The number of carbonyl (C=O) groups excluding carboxylic acids is 1. The second-order valence-electron chi connectivity index (χ2n) is 4.31. The Bertz CT molecular complexity index is 609. The number of nitrogens with two attached hydrogens (primary N) is 1. The van der Waals surface area contributed by atoms with Gasteiger partial charge in [-0.25, -0.2) is 0 Å². The topological polar surface area (TPSA) is 84.6 Å². The van der Waals surface area contributed by atoms with Crippen LogP contribution in [0.3, 0.4) is 0 Å². The zero-order valence-corrected chi connectivity index (χ0v) is 11.1. The number of carbonyl (C=O) groups is 1. The summed E-state index contributed by atoms with van der Waals surface area (Å²) in [7, 11) is 1.50. The predicted molar refractivity (Wildman–Crippen MR) is 76.7 cm³/mol. The Kier molecular flexibility index (Phi) is 4.10. The lowest BCUT2D eigenvalue weighted by Gasteiger charge is -2.08. The highest BCUT2D eigenvalue weighted by atomic mass is 16.5. The summed E-state index contributed by atoms with van der Waals surface area (Å²) in [5.41, 5.74) is 7.37. The van der Waals surface area contributed by atoms with E-state index in [-0.39, 0.29) is 17.2 Å². The molecule has 0 aromatic heterocycles. The molecular formula is C15H16N2O3. The average molecular weight is 272 g/mol. The average Bonchev–Trinajstić information content (AvgIpc) is 2.47. The first-order valence-corrected chi connectivity index (χ1v) is 6.10. The van der Waals surface area contributed by atoms with E-state index in [4.69, 9.17) is 10.5 Å². The van der Waals surface area contributed by atoms with Crippen molar-refractivity contribution >= 4 is 11.6 Å². The van der Waals surface area contributed by atoms with E-state index in [1.807, 2.05) is 12.1 Å². The van der Waals surface area contributed by atoms with Crippen LogP contribution in [0, 0.1) is 0 Å². The largest absolute Gasteiger partial charge is 0.507 e. The summed E-state index contributed by atoms with van der Waals surface area (Å²) in [6, 6.07) is 11.7. The van der Waals surface area contributed by atoms with Gasteiger partial charge in [-0.2, -0.15) is 0 Å². The molecule has 0 atom stereocenters. The summed E-state index contributed by atoms with van der Waals surface area (Å²) in [5, 5.41) is 12.4. The Labute approximate surface area is 117 Å². The monoisotopic (exact) mass is 272 g/mol. The fourth-order valence-corrected chi connectivity index (χ4v) is 1.74. The zero-order valence-electron chi connectivity index (χ0n) is 11.1. The number of hydrogen-bond donors (Lipinski definition) is 3. The fourth-order valence-electron chi connectivity index (χ4n) is 1.74. The Morgan fingerprint density at radius 3 is 2.60 bits per heavy atom. The van der Waals surface area contributed by atoms with Gasteiger partial charge in [0.15, 0.2) is 0 Å². The molecule has 0 heterocycles. The van der Waals surface area contributed by atoms with Gasteiger partial charge < -0.3 is 20.9 Å². The van der Waals surface area contributed by atoms with Gasteiger partial charge in [0.2, 0.25) is 0 Å². The quantitative estimate of drug-likeness (QED) is 0.742. The van der Waals surface area contributed by atoms with Crippen molar-refractivity contribution < 1.29 is 14.6 Å². The third-order valence-corrected chi connectivity index (χ3v) is 2.88. The number of nitrogens with one attached hydrogen (secondary N) is 1. The summed E-state index contributed by atoms with van der Waals surface area (Å²) in [5.74, 6) is 0.0688. The number of benzene rings is 2. The molecule has 0 saturated carbocycles. The van der Waals surface area contributed by atoms with E-state index in [0.29, 0.717) is 18.0 Å². The van der Waals surface area contributed by atoms with Gasteiger partial charge in [0.1, 0.15) is 11.5 Å².